The molecule has 0 saturated heterocycles. The van der Waals surface area contributed by atoms with Crippen LogP contribution < -0.4 is 9.64 Å². The molecule has 1 aromatic rings. The van der Waals surface area contributed by atoms with Gasteiger partial charge in [0.15, 0.2) is 0 Å². The molecule has 160 valence electrons. The maximum atomic E-state index is 12.5. The van der Waals surface area contributed by atoms with Crippen molar-refractivity contribution in [1.82, 2.24) is 0 Å². The molecule has 1 aliphatic rings. The topological polar surface area (TPSA) is 51.1 Å². The minimum absolute atomic E-state index is 0.0547. The summed E-state index contributed by atoms with van der Waals surface area (Å²) in [6.07, 6.45) is 12.0. The highest BCUT2D eigenvalue weighted by Gasteiger charge is 2.21. The van der Waals surface area contributed by atoms with E-state index in [4.69, 9.17) is 9.47 Å². The predicted octanol–water partition coefficient (Wildman–Crippen LogP) is 6.10. The first-order chi connectivity index (χ1) is 14.2. The number of ether oxygens (including phenoxy) is 2. The number of hydrogen-bond donors (Lipinski definition) is 0. The Morgan fingerprint density at radius 1 is 1.10 bits per heavy atom. The summed E-state index contributed by atoms with van der Waals surface area (Å²) in [5.41, 5.74) is 0.995. The summed E-state index contributed by atoms with van der Waals surface area (Å²) in [5, 5.41) is 0. The molecule has 0 aliphatic carbocycles. The van der Waals surface area contributed by atoms with Gasteiger partial charge in [0.1, 0.15) is 5.75 Å². The Kier molecular flexibility index (Phi) is 10.3. The molecule has 2 rings (SSSR count). The number of carbonyl (C=O) groups is 1. The molecule has 0 unspecified atom stereocenters. The Hall–Kier alpha value is -2.30. The number of aliphatic imine (C=N–C) groups is 1. The molecule has 5 nitrogen and oxygen atoms in total. The van der Waals surface area contributed by atoms with Crippen molar-refractivity contribution in [2.45, 2.75) is 72.1 Å². The van der Waals surface area contributed by atoms with E-state index in [0.717, 1.165) is 50.1 Å². The van der Waals surface area contributed by atoms with Crippen molar-refractivity contribution >= 4 is 17.9 Å². The number of nitrogens with zero attached hydrogens (tertiary/aromatic N) is 2. The zero-order valence-electron chi connectivity index (χ0n) is 18.2. The Morgan fingerprint density at radius 3 is 2.62 bits per heavy atom. The molecule has 0 saturated carbocycles. The largest absolute Gasteiger partial charge is 0.494 e. The van der Waals surface area contributed by atoms with Crippen LogP contribution in [0.3, 0.4) is 0 Å². The summed E-state index contributed by atoms with van der Waals surface area (Å²) in [5.74, 6) is 0.979. The van der Waals surface area contributed by atoms with Crippen molar-refractivity contribution in [3.8, 4) is 5.75 Å². The van der Waals surface area contributed by atoms with E-state index < -0.39 is 0 Å². The molecule has 0 radical (unpaired) electrons. The molecule has 1 aliphatic heterocycles. The van der Waals surface area contributed by atoms with E-state index in [1.807, 2.05) is 29.2 Å². The quantitative estimate of drug-likeness (QED) is 0.297. The third-order valence-corrected chi connectivity index (χ3v) is 4.99. The van der Waals surface area contributed by atoms with Gasteiger partial charge in [0.05, 0.1) is 25.3 Å². The van der Waals surface area contributed by atoms with E-state index in [0.29, 0.717) is 12.4 Å². The molecule has 5 heteroatoms. The third-order valence-electron chi connectivity index (χ3n) is 4.99. The van der Waals surface area contributed by atoms with Crippen molar-refractivity contribution in [2.75, 3.05) is 18.1 Å². The van der Waals surface area contributed by atoms with Crippen molar-refractivity contribution in [3.63, 3.8) is 0 Å². The van der Waals surface area contributed by atoms with Crippen LogP contribution in [-0.2, 0) is 9.53 Å². The van der Waals surface area contributed by atoms with Crippen LogP contribution in [0.4, 0.5) is 5.69 Å². The van der Waals surface area contributed by atoms with Crippen molar-refractivity contribution in [2.24, 2.45) is 10.9 Å². The molecule has 0 aromatic heterocycles. The van der Waals surface area contributed by atoms with Gasteiger partial charge < -0.3 is 14.4 Å². The number of carbonyl (C=O) groups excluding carboxylic acids is 1. The van der Waals surface area contributed by atoms with Gasteiger partial charge in [-0.3, -0.25) is 4.79 Å². The van der Waals surface area contributed by atoms with Crippen LogP contribution in [0.2, 0.25) is 0 Å². The monoisotopic (exact) mass is 400 g/mol. The van der Waals surface area contributed by atoms with Gasteiger partial charge in [-0.1, -0.05) is 58.9 Å². The zero-order chi connectivity index (χ0) is 20.9. The van der Waals surface area contributed by atoms with Gasteiger partial charge in [0.25, 0.3) is 0 Å². The van der Waals surface area contributed by atoms with E-state index in [9.17, 15) is 4.79 Å². The second kappa shape index (κ2) is 13.0. The SMILES string of the molecule is CCCCCCOc1cccc(N2C=C(OC(=O)C(CCC)CCC)N=CC2)c1. The van der Waals surface area contributed by atoms with Crippen LogP contribution in [0.15, 0.2) is 41.3 Å². The highest BCUT2D eigenvalue weighted by molar-refractivity contribution is 5.75. The van der Waals surface area contributed by atoms with Crippen LogP contribution in [0, 0.1) is 5.92 Å². The first-order valence-electron chi connectivity index (χ1n) is 11.1. The van der Waals surface area contributed by atoms with Gasteiger partial charge in [-0.25, -0.2) is 4.99 Å². The molecule has 29 heavy (non-hydrogen) atoms. The summed E-state index contributed by atoms with van der Waals surface area (Å²) in [7, 11) is 0. The third kappa shape index (κ3) is 7.92. The van der Waals surface area contributed by atoms with E-state index in [-0.39, 0.29) is 11.9 Å². The van der Waals surface area contributed by atoms with E-state index in [1.165, 1.54) is 19.3 Å². The van der Waals surface area contributed by atoms with E-state index >= 15 is 0 Å². The summed E-state index contributed by atoms with van der Waals surface area (Å²) in [4.78, 5) is 18.8. The number of anilines is 1. The molecule has 0 fully saturated rings. The van der Waals surface area contributed by atoms with Crippen molar-refractivity contribution in [1.29, 1.82) is 0 Å². The fourth-order valence-corrected chi connectivity index (χ4v) is 3.40. The van der Waals surface area contributed by atoms with Crippen LogP contribution in [0.5, 0.6) is 5.75 Å². The number of hydrogen-bond acceptors (Lipinski definition) is 5. The molecule has 1 aromatic carbocycles. The molecule has 0 bridgehead atoms. The molecule has 0 N–H and O–H groups in total. The fraction of sp³-hybridized carbons (Fsp3) is 0.583. The van der Waals surface area contributed by atoms with Gasteiger partial charge in [0.2, 0.25) is 5.88 Å². The number of esters is 1. The Labute approximate surface area is 175 Å². The lowest BCUT2D eigenvalue weighted by molar-refractivity contribution is -0.144. The normalized spacial score (nSPS) is 13.5. The minimum Gasteiger partial charge on any atom is -0.494 e. The molecule has 0 atom stereocenters. The maximum absolute atomic E-state index is 12.5. The lowest BCUT2D eigenvalue weighted by Gasteiger charge is -2.23. The lowest BCUT2D eigenvalue weighted by atomic mass is 9.99. The summed E-state index contributed by atoms with van der Waals surface area (Å²) < 4.78 is 11.5. The van der Waals surface area contributed by atoms with E-state index in [2.05, 4.69) is 25.8 Å². The second-order valence-corrected chi connectivity index (χ2v) is 7.53. The maximum Gasteiger partial charge on any atom is 0.315 e. The molecular formula is C24H36N2O3. The minimum atomic E-state index is -0.178. The number of benzene rings is 1. The Morgan fingerprint density at radius 2 is 1.90 bits per heavy atom. The average molecular weight is 401 g/mol. The van der Waals surface area contributed by atoms with Gasteiger partial charge in [-0.2, -0.15) is 0 Å². The van der Waals surface area contributed by atoms with Crippen LogP contribution in [0.25, 0.3) is 0 Å². The number of rotatable bonds is 13. The van der Waals surface area contributed by atoms with Gasteiger partial charge in [-0.15, -0.1) is 0 Å². The highest BCUT2D eigenvalue weighted by Crippen LogP contribution is 2.24. The van der Waals surface area contributed by atoms with Gasteiger partial charge in [0, 0.05) is 18.0 Å². The Balaban J connectivity index is 1.97. The fourth-order valence-electron chi connectivity index (χ4n) is 3.40. The van der Waals surface area contributed by atoms with Crippen molar-refractivity contribution in [3.05, 3.63) is 36.3 Å². The van der Waals surface area contributed by atoms with Crippen LogP contribution >= 0.6 is 0 Å². The van der Waals surface area contributed by atoms with Crippen molar-refractivity contribution < 1.29 is 14.3 Å². The molecule has 0 amide bonds. The first kappa shape index (κ1) is 23.0. The predicted molar refractivity (Wildman–Crippen MR) is 119 cm³/mol. The highest BCUT2D eigenvalue weighted by atomic mass is 16.5. The Bertz CT molecular complexity index is 678. The first-order valence-corrected chi connectivity index (χ1v) is 11.1. The standard InChI is InChI=1S/C24H36N2O3/c1-4-7-8-9-17-28-22-14-10-13-21(18-22)26-16-15-25-23(19-26)29-24(27)20(11-5-2)12-6-3/h10,13-15,18-20H,4-9,11-12,16-17H2,1-3H3. The smallest absolute Gasteiger partial charge is 0.315 e. The zero-order valence-corrected chi connectivity index (χ0v) is 18.2. The molecular weight excluding hydrogens is 364 g/mol. The molecule has 1 heterocycles. The van der Waals surface area contributed by atoms with Gasteiger partial charge >= 0.3 is 5.97 Å². The summed E-state index contributed by atoms with van der Waals surface area (Å²) in [6.45, 7) is 7.76. The van der Waals surface area contributed by atoms with Crippen LogP contribution in [-0.4, -0.2) is 25.3 Å². The average Bonchev–Trinajstić information content (AvgIpc) is 2.74. The lowest BCUT2D eigenvalue weighted by Crippen LogP contribution is -2.25. The second-order valence-electron chi connectivity index (χ2n) is 7.53. The van der Waals surface area contributed by atoms with Gasteiger partial charge in [-0.05, 0) is 31.4 Å². The number of unbranched alkanes of at least 4 members (excludes halogenated alkanes) is 3. The van der Waals surface area contributed by atoms with Crippen LogP contribution in [0.1, 0.15) is 72.1 Å². The van der Waals surface area contributed by atoms with E-state index in [1.54, 1.807) is 12.4 Å². The molecule has 0 spiro atoms. The summed E-state index contributed by atoms with van der Waals surface area (Å²) in [6, 6.07) is 8.01. The summed E-state index contributed by atoms with van der Waals surface area (Å²) >= 11 is 0.